The van der Waals surface area contributed by atoms with Crippen LogP contribution in [-0.2, 0) is 23.9 Å². The zero-order valence-corrected chi connectivity index (χ0v) is 24.5. The van der Waals surface area contributed by atoms with Gasteiger partial charge in [-0.3, -0.25) is 19.3 Å². The van der Waals surface area contributed by atoms with Crippen molar-refractivity contribution in [2.45, 2.75) is 51.0 Å². The van der Waals surface area contributed by atoms with Crippen LogP contribution in [0.2, 0.25) is 0 Å². The second kappa shape index (κ2) is 10.9. The molecule has 0 unspecified atom stereocenters. The number of imide groups is 1. The SMILES string of the molecule is CCCC[C@H](C(=O)OCC(=O)Nc1ccc(Br)c(C)c1)N1C(=O)[C@@H]2C3c4ccccc4C(c4ccccc43)[C@@H]2C1=O. The summed E-state index contributed by atoms with van der Waals surface area (Å²) in [5.41, 5.74) is 5.84. The lowest BCUT2D eigenvalue weighted by atomic mass is 9.55. The lowest BCUT2D eigenvalue weighted by Gasteiger charge is -2.45. The number of ether oxygens (including phenoxy) is 1. The molecule has 7 nitrogen and oxygen atoms in total. The zero-order chi connectivity index (χ0) is 28.8. The molecule has 41 heavy (non-hydrogen) atoms. The van der Waals surface area contributed by atoms with Crippen LogP contribution in [0.15, 0.2) is 71.2 Å². The molecule has 4 aliphatic rings. The van der Waals surface area contributed by atoms with Crippen molar-refractivity contribution in [1.29, 1.82) is 0 Å². The molecule has 3 aliphatic carbocycles. The number of likely N-dealkylation sites (tertiary alicyclic amines) is 1. The summed E-state index contributed by atoms with van der Waals surface area (Å²) in [5.74, 6) is -3.52. The van der Waals surface area contributed by atoms with Crippen molar-refractivity contribution < 1.29 is 23.9 Å². The highest BCUT2D eigenvalue weighted by Gasteiger charge is 2.63. The zero-order valence-electron chi connectivity index (χ0n) is 22.9. The standard InChI is InChI=1S/C33H31BrN2O5/c1-3-4-13-25(33(40)41-17-26(37)35-19-14-15-24(34)18(2)16-19)36-31(38)29-27-20-9-5-6-10-21(20)28(30(29)32(36)39)23-12-8-7-11-22(23)27/h5-12,14-16,25,27-30H,3-4,13,17H2,1-2H3,(H,35,37)/t25-,27?,28?,29-,30+/m1/s1. The first-order chi connectivity index (χ1) is 19.8. The van der Waals surface area contributed by atoms with Gasteiger partial charge in [0.2, 0.25) is 11.8 Å². The third kappa shape index (κ3) is 4.58. The first-order valence-electron chi connectivity index (χ1n) is 14.1. The van der Waals surface area contributed by atoms with E-state index in [0.717, 1.165) is 38.7 Å². The third-order valence-corrected chi connectivity index (χ3v) is 9.57. The van der Waals surface area contributed by atoms with E-state index < -0.39 is 36.4 Å². The van der Waals surface area contributed by atoms with Crippen LogP contribution >= 0.6 is 15.9 Å². The minimum Gasteiger partial charge on any atom is -0.454 e. The average Bonchev–Trinajstić information content (AvgIpc) is 3.24. The quantitative estimate of drug-likeness (QED) is 0.260. The highest BCUT2D eigenvalue weighted by atomic mass is 79.9. The molecular formula is C33H31BrN2O5. The van der Waals surface area contributed by atoms with Crippen molar-refractivity contribution in [2.24, 2.45) is 11.8 Å². The van der Waals surface area contributed by atoms with Gasteiger partial charge >= 0.3 is 5.97 Å². The van der Waals surface area contributed by atoms with Crippen molar-refractivity contribution in [2.75, 3.05) is 11.9 Å². The molecule has 1 fully saturated rings. The summed E-state index contributed by atoms with van der Waals surface area (Å²) in [6.45, 7) is 3.38. The van der Waals surface area contributed by atoms with Crippen molar-refractivity contribution in [3.05, 3.63) is 99.0 Å². The second-order valence-corrected chi connectivity index (χ2v) is 11.9. The molecule has 0 saturated carbocycles. The largest absolute Gasteiger partial charge is 0.454 e. The second-order valence-electron chi connectivity index (χ2n) is 11.1. The number of carbonyl (C=O) groups is 4. The number of aryl methyl sites for hydroxylation is 1. The number of hydrogen-bond donors (Lipinski definition) is 1. The predicted octanol–water partition coefficient (Wildman–Crippen LogP) is 5.69. The number of benzene rings is 3. The third-order valence-electron chi connectivity index (χ3n) is 8.68. The Balaban J connectivity index is 1.25. The summed E-state index contributed by atoms with van der Waals surface area (Å²) < 4.78 is 6.36. The molecule has 1 saturated heterocycles. The fourth-order valence-corrected chi connectivity index (χ4v) is 7.16. The number of hydrogen-bond acceptors (Lipinski definition) is 5. The number of nitrogens with zero attached hydrogens (tertiary/aromatic N) is 1. The molecule has 0 aromatic heterocycles. The number of carbonyl (C=O) groups excluding carboxylic acids is 4. The van der Waals surface area contributed by atoms with Gasteiger partial charge in [-0.25, -0.2) is 4.79 Å². The molecule has 2 bridgehead atoms. The first-order valence-corrected chi connectivity index (χ1v) is 14.9. The Morgan fingerprint density at radius 2 is 1.44 bits per heavy atom. The Kier molecular flexibility index (Phi) is 7.28. The maximum Gasteiger partial charge on any atom is 0.329 e. The van der Waals surface area contributed by atoms with E-state index in [1.165, 1.54) is 4.90 Å². The summed E-state index contributed by atoms with van der Waals surface area (Å²) in [6.07, 6.45) is 1.69. The van der Waals surface area contributed by atoms with Gasteiger partial charge in [0.25, 0.3) is 5.91 Å². The van der Waals surface area contributed by atoms with Crippen molar-refractivity contribution in [1.82, 2.24) is 4.90 Å². The first kappa shape index (κ1) is 27.4. The molecule has 3 atom stereocenters. The molecule has 1 aliphatic heterocycles. The summed E-state index contributed by atoms with van der Waals surface area (Å²) in [5, 5.41) is 2.73. The van der Waals surface area contributed by atoms with Crippen LogP contribution in [0.4, 0.5) is 5.69 Å². The van der Waals surface area contributed by atoms with E-state index in [0.29, 0.717) is 12.1 Å². The molecule has 1 N–H and O–H groups in total. The van der Waals surface area contributed by atoms with Crippen LogP contribution in [-0.4, -0.2) is 41.2 Å². The maximum atomic E-state index is 14.1. The van der Waals surface area contributed by atoms with Crippen LogP contribution < -0.4 is 5.32 Å². The highest BCUT2D eigenvalue weighted by Crippen LogP contribution is 2.61. The maximum absolute atomic E-state index is 14.1. The minimum atomic E-state index is -1.08. The summed E-state index contributed by atoms with van der Waals surface area (Å²) in [4.78, 5) is 55.5. The highest BCUT2D eigenvalue weighted by molar-refractivity contribution is 9.10. The van der Waals surface area contributed by atoms with Gasteiger partial charge in [-0.15, -0.1) is 0 Å². The summed E-state index contributed by atoms with van der Waals surface area (Å²) in [7, 11) is 0. The fourth-order valence-electron chi connectivity index (χ4n) is 6.91. The van der Waals surface area contributed by atoms with Gasteiger partial charge in [-0.05, 0) is 59.4 Å². The molecule has 8 heteroatoms. The Labute approximate surface area is 247 Å². The molecule has 3 amide bonds. The van der Waals surface area contributed by atoms with E-state index in [1.54, 1.807) is 6.07 Å². The number of unbranched alkanes of at least 4 members (excludes halogenated alkanes) is 1. The van der Waals surface area contributed by atoms with Crippen LogP contribution in [0, 0.1) is 18.8 Å². The van der Waals surface area contributed by atoms with Gasteiger partial charge in [-0.2, -0.15) is 0 Å². The summed E-state index contributed by atoms with van der Waals surface area (Å²) in [6, 6.07) is 20.4. The molecule has 7 rings (SSSR count). The van der Waals surface area contributed by atoms with Crippen LogP contribution in [0.1, 0.15) is 65.8 Å². The lowest BCUT2D eigenvalue weighted by Crippen LogP contribution is -2.47. The number of amides is 3. The molecular weight excluding hydrogens is 584 g/mol. The van der Waals surface area contributed by atoms with E-state index in [9.17, 15) is 19.2 Å². The Morgan fingerprint density at radius 3 is 1.93 bits per heavy atom. The number of rotatable bonds is 8. The molecule has 3 aromatic rings. The Bertz CT molecular complexity index is 1450. The van der Waals surface area contributed by atoms with Gasteiger partial charge in [0.1, 0.15) is 6.04 Å². The molecule has 0 radical (unpaired) electrons. The summed E-state index contributed by atoms with van der Waals surface area (Å²) >= 11 is 3.43. The van der Waals surface area contributed by atoms with Crippen molar-refractivity contribution in [3.8, 4) is 0 Å². The molecule has 0 spiro atoms. The lowest BCUT2D eigenvalue weighted by molar-refractivity contribution is -0.160. The Morgan fingerprint density at radius 1 is 0.902 bits per heavy atom. The smallest absolute Gasteiger partial charge is 0.329 e. The van der Waals surface area contributed by atoms with E-state index in [2.05, 4.69) is 21.2 Å². The molecule has 210 valence electrons. The normalized spacial score (nSPS) is 22.6. The predicted molar refractivity (Wildman–Crippen MR) is 157 cm³/mol. The van der Waals surface area contributed by atoms with Gasteiger partial charge in [0.05, 0.1) is 11.8 Å². The van der Waals surface area contributed by atoms with E-state index in [4.69, 9.17) is 4.74 Å². The number of anilines is 1. The Hall–Kier alpha value is -3.78. The molecule has 1 heterocycles. The molecule has 3 aromatic carbocycles. The van der Waals surface area contributed by atoms with Gasteiger partial charge < -0.3 is 10.1 Å². The topological polar surface area (TPSA) is 92.8 Å². The average molecular weight is 616 g/mol. The number of halogens is 1. The van der Waals surface area contributed by atoms with Crippen LogP contribution in [0.5, 0.6) is 0 Å². The van der Waals surface area contributed by atoms with Crippen LogP contribution in [0.3, 0.4) is 0 Å². The van der Waals surface area contributed by atoms with Crippen molar-refractivity contribution >= 4 is 45.3 Å². The van der Waals surface area contributed by atoms with E-state index in [-0.39, 0.29) is 30.1 Å². The number of esters is 1. The van der Waals surface area contributed by atoms with Crippen LogP contribution in [0.25, 0.3) is 0 Å². The monoisotopic (exact) mass is 614 g/mol. The number of nitrogens with one attached hydrogen (secondary N) is 1. The van der Waals surface area contributed by atoms with Gasteiger partial charge in [-0.1, -0.05) is 84.2 Å². The van der Waals surface area contributed by atoms with Gasteiger partial charge in [0.15, 0.2) is 6.61 Å². The minimum absolute atomic E-state index is 0.248. The van der Waals surface area contributed by atoms with E-state index >= 15 is 0 Å². The van der Waals surface area contributed by atoms with Crippen molar-refractivity contribution in [3.63, 3.8) is 0 Å². The fraction of sp³-hybridized carbons (Fsp3) is 0.333. The van der Waals surface area contributed by atoms with Gasteiger partial charge in [0, 0.05) is 22.0 Å². The van der Waals surface area contributed by atoms with E-state index in [1.807, 2.05) is 74.5 Å².